The van der Waals surface area contributed by atoms with Crippen molar-refractivity contribution in [3.63, 3.8) is 0 Å². The molecule has 0 radical (unpaired) electrons. The maximum atomic E-state index is 14.1. The van der Waals surface area contributed by atoms with Gasteiger partial charge in [-0.25, -0.2) is 17.6 Å². The molecule has 1 heterocycles. The van der Waals surface area contributed by atoms with Gasteiger partial charge in [0.25, 0.3) is 5.91 Å². The van der Waals surface area contributed by atoms with E-state index in [1.54, 1.807) is 6.92 Å². The molecule has 20 heavy (non-hydrogen) atoms. The fraction of sp³-hybridized carbons (Fsp3) is 0.500. The van der Waals surface area contributed by atoms with Gasteiger partial charge in [-0.05, 0) is 25.8 Å². The van der Waals surface area contributed by atoms with E-state index in [0.29, 0.717) is 0 Å². The van der Waals surface area contributed by atoms with Crippen LogP contribution in [-0.4, -0.2) is 29.7 Å². The number of likely N-dealkylation sites (tertiary alicyclic amines) is 1. The van der Waals surface area contributed by atoms with Crippen molar-refractivity contribution in [2.45, 2.75) is 31.5 Å². The Bertz CT molecular complexity index is 522. The van der Waals surface area contributed by atoms with E-state index in [-0.39, 0.29) is 24.9 Å². The molecular weight excluding hydrogens is 274 g/mol. The predicted molar refractivity (Wildman–Crippen MR) is 65.5 cm³/mol. The average molecular weight is 289 g/mol. The molecule has 0 aliphatic carbocycles. The van der Waals surface area contributed by atoms with Crippen molar-refractivity contribution >= 4 is 5.91 Å². The second-order valence-electron chi connectivity index (χ2n) is 4.89. The van der Waals surface area contributed by atoms with Gasteiger partial charge in [0.15, 0.2) is 11.6 Å². The molecule has 1 aromatic carbocycles. The summed E-state index contributed by atoms with van der Waals surface area (Å²) in [5, 5.41) is 0. The predicted octanol–water partition coefficient (Wildman–Crippen LogP) is 3.33. The highest BCUT2D eigenvalue weighted by Crippen LogP contribution is 2.39. The SMILES string of the molecule is CCN1C(=O)C(F)(CF)CC[C@H]1c1cccc(F)c1F. The highest BCUT2D eigenvalue weighted by Gasteiger charge is 2.48. The van der Waals surface area contributed by atoms with E-state index in [1.165, 1.54) is 12.1 Å². The number of piperidine rings is 1. The van der Waals surface area contributed by atoms with E-state index in [2.05, 4.69) is 0 Å². The molecule has 1 aliphatic heterocycles. The van der Waals surface area contributed by atoms with Crippen LogP contribution >= 0.6 is 0 Å². The van der Waals surface area contributed by atoms with E-state index < -0.39 is 35.9 Å². The lowest BCUT2D eigenvalue weighted by Gasteiger charge is -2.41. The van der Waals surface area contributed by atoms with Gasteiger partial charge in [-0.2, -0.15) is 0 Å². The van der Waals surface area contributed by atoms with Gasteiger partial charge in [-0.15, -0.1) is 0 Å². The first-order chi connectivity index (χ1) is 9.44. The first kappa shape index (κ1) is 14.8. The molecule has 1 fully saturated rings. The number of hydrogen-bond donors (Lipinski definition) is 0. The van der Waals surface area contributed by atoms with Crippen LogP contribution in [-0.2, 0) is 4.79 Å². The Kier molecular flexibility index (Phi) is 4.01. The van der Waals surface area contributed by atoms with E-state index in [1.807, 2.05) is 0 Å². The topological polar surface area (TPSA) is 20.3 Å². The summed E-state index contributed by atoms with van der Waals surface area (Å²) in [4.78, 5) is 13.1. The molecule has 0 spiro atoms. The zero-order valence-electron chi connectivity index (χ0n) is 11.0. The Morgan fingerprint density at radius 3 is 2.70 bits per heavy atom. The number of amides is 1. The van der Waals surface area contributed by atoms with Gasteiger partial charge in [-0.3, -0.25) is 4.79 Å². The van der Waals surface area contributed by atoms with Gasteiger partial charge in [0.2, 0.25) is 5.67 Å². The summed E-state index contributed by atoms with van der Waals surface area (Å²) in [6.07, 6.45) is -0.278. The Morgan fingerprint density at radius 1 is 1.40 bits per heavy atom. The van der Waals surface area contributed by atoms with Crippen LogP contribution in [0.3, 0.4) is 0 Å². The first-order valence-corrected chi connectivity index (χ1v) is 6.44. The van der Waals surface area contributed by atoms with Gasteiger partial charge in [-0.1, -0.05) is 12.1 Å². The fourth-order valence-corrected chi connectivity index (χ4v) is 2.62. The normalized spacial score (nSPS) is 26.9. The molecule has 0 aromatic heterocycles. The van der Waals surface area contributed by atoms with Crippen molar-refractivity contribution in [1.29, 1.82) is 0 Å². The van der Waals surface area contributed by atoms with Crippen LogP contribution in [0.5, 0.6) is 0 Å². The van der Waals surface area contributed by atoms with Crippen LogP contribution < -0.4 is 0 Å². The van der Waals surface area contributed by atoms with Crippen molar-refractivity contribution in [2.75, 3.05) is 13.2 Å². The lowest BCUT2D eigenvalue weighted by molar-refractivity contribution is -0.154. The minimum absolute atomic E-state index is 0.00103. The summed E-state index contributed by atoms with van der Waals surface area (Å²) < 4.78 is 53.9. The third kappa shape index (κ3) is 2.27. The molecular formula is C14H15F4NO. The molecule has 0 bridgehead atoms. The number of carbonyl (C=O) groups is 1. The molecule has 0 saturated carbocycles. The van der Waals surface area contributed by atoms with Crippen LogP contribution in [0.25, 0.3) is 0 Å². The van der Waals surface area contributed by atoms with Crippen LogP contribution in [0, 0.1) is 11.6 Å². The van der Waals surface area contributed by atoms with Gasteiger partial charge in [0, 0.05) is 12.1 Å². The first-order valence-electron chi connectivity index (χ1n) is 6.44. The largest absolute Gasteiger partial charge is 0.333 e. The van der Waals surface area contributed by atoms with Crippen molar-refractivity contribution in [3.8, 4) is 0 Å². The lowest BCUT2D eigenvalue weighted by Crippen LogP contribution is -2.53. The molecule has 6 heteroatoms. The van der Waals surface area contributed by atoms with Crippen LogP contribution in [0.2, 0.25) is 0 Å². The maximum Gasteiger partial charge on any atom is 0.263 e. The number of nitrogens with zero attached hydrogens (tertiary/aromatic N) is 1. The molecule has 2 rings (SSSR count). The molecule has 1 aliphatic rings. The molecule has 1 unspecified atom stereocenters. The molecule has 2 atom stereocenters. The summed E-state index contributed by atoms with van der Waals surface area (Å²) in [5.74, 6) is -3.06. The smallest absolute Gasteiger partial charge is 0.263 e. The minimum atomic E-state index is -2.55. The monoisotopic (exact) mass is 289 g/mol. The molecule has 0 N–H and O–H groups in total. The number of alkyl halides is 2. The van der Waals surface area contributed by atoms with Crippen molar-refractivity contribution in [1.82, 2.24) is 4.90 Å². The molecule has 1 saturated heterocycles. The van der Waals surface area contributed by atoms with Crippen LogP contribution in [0.15, 0.2) is 18.2 Å². The van der Waals surface area contributed by atoms with Crippen LogP contribution in [0.4, 0.5) is 17.6 Å². The number of benzene rings is 1. The second-order valence-corrected chi connectivity index (χ2v) is 4.89. The Balaban J connectivity index is 2.38. The standard InChI is InChI=1S/C14H15F4NO/c1-2-19-11(6-7-14(18,8-15)13(19)20)9-4-3-5-10(16)12(9)17/h3-5,11H,2,6-8H2,1H3/t11-,14?/m0/s1. The average Bonchev–Trinajstić information content (AvgIpc) is 2.45. The number of hydrogen-bond acceptors (Lipinski definition) is 1. The minimum Gasteiger partial charge on any atom is -0.333 e. The summed E-state index contributed by atoms with van der Waals surface area (Å²) in [5.41, 5.74) is -2.54. The van der Waals surface area contributed by atoms with Gasteiger partial charge in [0.05, 0.1) is 6.04 Å². The summed E-state index contributed by atoms with van der Waals surface area (Å²) in [6.45, 7) is 0.290. The summed E-state index contributed by atoms with van der Waals surface area (Å²) in [7, 11) is 0. The van der Waals surface area contributed by atoms with Gasteiger partial charge >= 0.3 is 0 Å². The Morgan fingerprint density at radius 2 is 2.10 bits per heavy atom. The highest BCUT2D eigenvalue weighted by atomic mass is 19.2. The summed E-state index contributed by atoms with van der Waals surface area (Å²) >= 11 is 0. The zero-order valence-corrected chi connectivity index (χ0v) is 11.0. The Hall–Kier alpha value is -1.59. The number of rotatable bonds is 3. The van der Waals surface area contributed by atoms with Gasteiger partial charge in [0.1, 0.15) is 6.67 Å². The van der Waals surface area contributed by atoms with E-state index >= 15 is 0 Å². The summed E-state index contributed by atoms with van der Waals surface area (Å²) in [6, 6.07) is 2.90. The number of halogens is 4. The zero-order chi connectivity index (χ0) is 14.9. The highest BCUT2D eigenvalue weighted by molar-refractivity contribution is 5.86. The van der Waals surface area contributed by atoms with Crippen molar-refractivity contribution in [2.24, 2.45) is 0 Å². The van der Waals surface area contributed by atoms with Crippen LogP contribution in [0.1, 0.15) is 31.4 Å². The van der Waals surface area contributed by atoms with E-state index in [0.717, 1.165) is 11.0 Å². The van der Waals surface area contributed by atoms with Gasteiger partial charge < -0.3 is 4.90 Å². The molecule has 1 amide bonds. The quantitative estimate of drug-likeness (QED) is 0.782. The Labute approximate surface area is 114 Å². The fourth-order valence-electron chi connectivity index (χ4n) is 2.62. The molecule has 1 aromatic rings. The number of carbonyl (C=O) groups excluding carboxylic acids is 1. The van der Waals surface area contributed by atoms with E-state index in [9.17, 15) is 22.4 Å². The molecule has 2 nitrogen and oxygen atoms in total. The van der Waals surface area contributed by atoms with Crippen molar-refractivity contribution < 1.29 is 22.4 Å². The molecule has 110 valence electrons. The van der Waals surface area contributed by atoms with E-state index in [4.69, 9.17) is 0 Å². The third-order valence-corrected chi connectivity index (χ3v) is 3.73. The lowest BCUT2D eigenvalue weighted by atomic mass is 9.86. The third-order valence-electron chi connectivity index (χ3n) is 3.73. The van der Waals surface area contributed by atoms with Crippen molar-refractivity contribution in [3.05, 3.63) is 35.4 Å². The second kappa shape index (κ2) is 5.42. The maximum absolute atomic E-state index is 14.1.